The molecular formula is C15H16N6O2. The highest BCUT2D eigenvalue weighted by Gasteiger charge is 2.28. The number of aromatic amines is 2. The lowest BCUT2D eigenvalue weighted by molar-refractivity contribution is -0.0264. The number of ether oxygens (including phenoxy) is 1. The molecule has 1 aliphatic rings. The molecule has 0 bridgehead atoms. The average molecular weight is 312 g/mol. The van der Waals surface area contributed by atoms with Gasteiger partial charge in [0.05, 0.1) is 13.2 Å². The quantitative estimate of drug-likeness (QED) is 0.740. The second-order valence-corrected chi connectivity index (χ2v) is 5.59. The number of benzene rings is 1. The minimum atomic E-state index is -0.225. The number of nitrogens with one attached hydrogen (secondary N) is 2. The van der Waals surface area contributed by atoms with Crippen LogP contribution < -0.4 is 0 Å². The van der Waals surface area contributed by atoms with Gasteiger partial charge in [-0.05, 0) is 25.1 Å². The van der Waals surface area contributed by atoms with Crippen molar-refractivity contribution in [3.05, 3.63) is 41.5 Å². The normalized spacial score (nSPS) is 18.5. The molecule has 8 nitrogen and oxygen atoms in total. The Kier molecular flexibility index (Phi) is 3.30. The summed E-state index contributed by atoms with van der Waals surface area (Å²) in [6, 6.07) is 5.32. The predicted molar refractivity (Wildman–Crippen MR) is 81.8 cm³/mol. The van der Waals surface area contributed by atoms with Gasteiger partial charge in [-0.15, -0.1) is 0 Å². The number of rotatable bonds is 2. The molecule has 118 valence electrons. The summed E-state index contributed by atoms with van der Waals surface area (Å²) in [5.74, 6) is 0.721. The fourth-order valence-corrected chi connectivity index (χ4v) is 2.75. The summed E-state index contributed by atoms with van der Waals surface area (Å²) in [6.45, 7) is 3.46. The Morgan fingerprint density at radius 1 is 1.35 bits per heavy atom. The van der Waals surface area contributed by atoms with E-state index in [0.29, 0.717) is 30.8 Å². The first-order chi connectivity index (χ1) is 11.2. The van der Waals surface area contributed by atoms with Gasteiger partial charge in [-0.1, -0.05) is 0 Å². The van der Waals surface area contributed by atoms with E-state index in [2.05, 4.69) is 25.4 Å². The molecule has 1 aliphatic heterocycles. The number of carbonyl (C=O) groups excluding carboxylic acids is 1. The molecule has 23 heavy (non-hydrogen) atoms. The van der Waals surface area contributed by atoms with Crippen molar-refractivity contribution in [3.63, 3.8) is 0 Å². The number of fused-ring (bicyclic) bond motifs is 1. The third-order valence-electron chi connectivity index (χ3n) is 3.94. The summed E-state index contributed by atoms with van der Waals surface area (Å²) in [6.07, 6.45) is 1.54. The zero-order chi connectivity index (χ0) is 15.8. The van der Waals surface area contributed by atoms with Crippen LogP contribution in [0.1, 0.15) is 28.0 Å². The highest BCUT2D eigenvalue weighted by Crippen LogP contribution is 2.22. The minimum absolute atomic E-state index is 0.0357. The Balaban J connectivity index is 1.55. The SMILES string of the molecule is Cc1cnc([C@@H]2CN(C(=O)c3ccc4n[nH]nc4c3)CCO2)[nH]1. The third kappa shape index (κ3) is 2.57. The molecule has 1 amide bonds. The van der Waals surface area contributed by atoms with Gasteiger partial charge in [0.2, 0.25) is 0 Å². The Morgan fingerprint density at radius 2 is 2.22 bits per heavy atom. The van der Waals surface area contributed by atoms with Crippen LogP contribution in [0, 0.1) is 6.92 Å². The lowest BCUT2D eigenvalue weighted by atomic mass is 10.1. The maximum Gasteiger partial charge on any atom is 0.254 e. The number of hydrogen-bond acceptors (Lipinski definition) is 5. The number of aryl methyl sites for hydroxylation is 1. The fraction of sp³-hybridized carbons (Fsp3) is 0.333. The summed E-state index contributed by atoms with van der Waals surface area (Å²) in [7, 11) is 0. The first kappa shape index (κ1) is 13.9. The molecule has 0 unspecified atom stereocenters. The van der Waals surface area contributed by atoms with Crippen molar-refractivity contribution in [1.29, 1.82) is 0 Å². The van der Waals surface area contributed by atoms with Gasteiger partial charge in [0, 0.05) is 24.0 Å². The number of amides is 1. The van der Waals surface area contributed by atoms with Crippen molar-refractivity contribution in [2.24, 2.45) is 0 Å². The van der Waals surface area contributed by atoms with E-state index < -0.39 is 0 Å². The molecule has 4 rings (SSSR count). The molecule has 3 aromatic rings. The monoisotopic (exact) mass is 312 g/mol. The van der Waals surface area contributed by atoms with Gasteiger partial charge in [-0.2, -0.15) is 15.4 Å². The standard InChI is InChI=1S/C15H16N6O2/c1-9-7-16-14(17-9)13-8-21(4-5-23-13)15(22)10-2-3-11-12(6-10)19-20-18-11/h2-3,6-7,13H,4-5,8H2,1H3,(H,16,17)(H,18,19,20)/t13-/m0/s1. The van der Waals surface area contributed by atoms with Crippen molar-refractivity contribution in [2.75, 3.05) is 19.7 Å². The van der Waals surface area contributed by atoms with Gasteiger partial charge in [0.25, 0.3) is 5.91 Å². The van der Waals surface area contributed by atoms with Gasteiger partial charge in [-0.25, -0.2) is 4.98 Å². The minimum Gasteiger partial charge on any atom is -0.367 e. The second-order valence-electron chi connectivity index (χ2n) is 5.59. The summed E-state index contributed by atoms with van der Waals surface area (Å²) in [4.78, 5) is 22.0. The van der Waals surface area contributed by atoms with Gasteiger partial charge < -0.3 is 14.6 Å². The van der Waals surface area contributed by atoms with Crippen LogP contribution in [0.15, 0.2) is 24.4 Å². The van der Waals surface area contributed by atoms with Crippen molar-refractivity contribution < 1.29 is 9.53 Å². The highest BCUT2D eigenvalue weighted by molar-refractivity contribution is 5.97. The van der Waals surface area contributed by atoms with Gasteiger partial charge >= 0.3 is 0 Å². The van der Waals surface area contributed by atoms with E-state index in [4.69, 9.17) is 4.74 Å². The fourth-order valence-electron chi connectivity index (χ4n) is 2.75. The highest BCUT2D eigenvalue weighted by atomic mass is 16.5. The van der Waals surface area contributed by atoms with E-state index in [1.54, 1.807) is 29.3 Å². The van der Waals surface area contributed by atoms with Crippen molar-refractivity contribution in [1.82, 2.24) is 30.3 Å². The van der Waals surface area contributed by atoms with Crippen molar-refractivity contribution >= 4 is 16.9 Å². The lowest BCUT2D eigenvalue weighted by Crippen LogP contribution is -2.42. The summed E-state index contributed by atoms with van der Waals surface area (Å²) in [5, 5.41) is 10.6. The number of hydrogen-bond donors (Lipinski definition) is 2. The number of imidazole rings is 1. The molecule has 1 atom stereocenters. The summed E-state index contributed by atoms with van der Waals surface area (Å²) in [5.41, 5.74) is 3.00. The third-order valence-corrected chi connectivity index (χ3v) is 3.94. The van der Waals surface area contributed by atoms with E-state index in [9.17, 15) is 4.79 Å². The molecule has 0 aliphatic carbocycles. The van der Waals surface area contributed by atoms with Crippen LogP contribution in [0.2, 0.25) is 0 Å². The van der Waals surface area contributed by atoms with Crippen molar-refractivity contribution in [3.8, 4) is 0 Å². The second kappa shape index (κ2) is 5.47. The van der Waals surface area contributed by atoms with Gasteiger partial charge in [0.1, 0.15) is 23.0 Å². The van der Waals surface area contributed by atoms with Crippen LogP contribution in [-0.4, -0.2) is 55.9 Å². The number of carbonyl (C=O) groups is 1. The zero-order valence-corrected chi connectivity index (χ0v) is 12.6. The molecule has 2 aromatic heterocycles. The number of morpholine rings is 1. The summed E-state index contributed by atoms with van der Waals surface area (Å²) < 4.78 is 5.74. The topological polar surface area (TPSA) is 99.8 Å². The molecule has 0 spiro atoms. The Labute approximate surface area is 131 Å². The average Bonchev–Trinajstić information content (AvgIpc) is 3.22. The van der Waals surface area contributed by atoms with E-state index in [1.165, 1.54) is 0 Å². The Bertz CT molecular complexity index is 854. The Morgan fingerprint density at radius 3 is 3.04 bits per heavy atom. The van der Waals surface area contributed by atoms with Gasteiger partial charge in [-0.3, -0.25) is 4.79 Å². The lowest BCUT2D eigenvalue weighted by Gasteiger charge is -2.32. The van der Waals surface area contributed by atoms with E-state index in [1.807, 2.05) is 6.92 Å². The maximum atomic E-state index is 12.7. The van der Waals surface area contributed by atoms with E-state index in [0.717, 1.165) is 17.0 Å². The van der Waals surface area contributed by atoms with Crippen LogP contribution in [-0.2, 0) is 4.74 Å². The molecule has 3 heterocycles. The molecule has 0 radical (unpaired) electrons. The first-order valence-corrected chi connectivity index (χ1v) is 7.43. The van der Waals surface area contributed by atoms with Gasteiger partial charge in [0.15, 0.2) is 0 Å². The number of H-pyrrole nitrogens is 2. The van der Waals surface area contributed by atoms with Crippen LogP contribution >= 0.6 is 0 Å². The van der Waals surface area contributed by atoms with Crippen LogP contribution in [0.3, 0.4) is 0 Å². The first-order valence-electron chi connectivity index (χ1n) is 7.43. The smallest absolute Gasteiger partial charge is 0.254 e. The predicted octanol–water partition coefficient (Wildman–Crippen LogP) is 1.20. The van der Waals surface area contributed by atoms with E-state index >= 15 is 0 Å². The molecule has 0 saturated carbocycles. The zero-order valence-electron chi connectivity index (χ0n) is 12.6. The van der Waals surface area contributed by atoms with Crippen LogP contribution in [0.25, 0.3) is 11.0 Å². The molecule has 1 aromatic carbocycles. The largest absolute Gasteiger partial charge is 0.367 e. The molecule has 8 heteroatoms. The maximum absolute atomic E-state index is 12.7. The van der Waals surface area contributed by atoms with Crippen molar-refractivity contribution in [2.45, 2.75) is 13.0 Å². The molecule has 1 saturated heterocycles. The Hall–Kier alpha value is -2.74. The summed E-state index contributed by atoms with van der Waals surface area (Å²) >= 11 is 0. The van der Waals surface area contributed by atoms with Crippen LogP contribution in [0.4, 0.5) is 0 Å². The van der Waals surface area contributed by atoms with Crippen LogP contribution in [0.5, 0.6) is 0 Å². The molecule has 1 fully saturated rings. The molecule has 2 N–H and O–H groups in total. The number of aromatic nitrogens is 5. The molecular weight excluding hydrogens is 296 g/mol. The van der Waals surface area contributed by atoms with E-state index in [-0.39, 0.29) is 12.0 Å². The number of nitrogens with zero attached hydrogens (tertiary/aromatic N) is 4.